The first-order valence-corrected chi connectivity index (χ1v) is 8.46. The standard InChI is InChI=1S/C21H26O3/c1-5-21(6-2,17-7-9-19(23)15(3)13-17)18-8-10-20(16(4)14-18)24-12-11-22/h7-11,13-14,23H,5-6,12H2,1-4H3. The van der Waals surface area contributed by atoms with Gasteiger partial charge in [0.05, 0.1) is 0 Å². The monoisotopic (exact) mass is 326 g/mol. The van der Waals surface area contributed by atoms with Crippen LogP contribution < -0.4 is 4.74 Å². The van der Waals surface area contributed by atoms with Crippen LogP contribution in [0.15, 0.2) is 36.4 Å². The molecule has 0 atom stereocenters. The Bertz CT molecular complexity index is 715. The molecule has 2 aromatic carbocycles. The minimum atomic E-state index is -0.105. The maximum Gasteiger partial charge on any atom is 0.157 e. The molecule has 0 heterocycles. The highest BCUT2D eigenvalue weighted by Crippen LogP contribution is 2.41. The van der Waals surface area contributed by atoms with E-state index in [0.29, 0.717) is 5.75 Å². The number of phenols is 1. The number of hydrogen-bond acceptors (Lipinski definition) is 3. The van der Waals surface area contributed by atoms with Gasteiger partial charge < -0.3 is 9.84 Å². The molecule has 24 heavy (non-hydrogen) atoms. The lowest BCUT2D eigenvalue weighted by molar-refractivity contribution is -0.109. The van der Waals surface area contributed by atoms with Crippen LogP contribution >= 0.6 is 0 Å². The molecule has 2 rings (SSSR count). The van der Waals surface area contributed by atoms with E-state index in [1.807, 2.05) is 26.0 Å². The highest BCUT2D eigenvalue weighted by molar-refractivity contribution is 5.52. The molecule has 0 saturated carbocycles. The van der Waals surface area contributed by atoms with Crippen molar-refractivity contribution in [2.24, 2.45) is 0 Å². The van der Waals surface area contributed by atoms with E-state index in [0.717, 1.165) is 36.0 Å². The fraction of sp³-hybridized carbons (Fsp3) is 0.381. The van der Waals surface area contributed by atoms with Crippen LogP contribution in [0.1, 0.15) is 48.9 Å². The van der Waals surface area contributed by atoms with Gasteiger partial charge in [-0.25, -0.2) is 0 Å². The first-order valence-electron chi connectivity index (χ1n) is 8.46. The first-order chi connectivity index (χ1) is 11.5. The lowest BCUT2D eigenvalue weighted by Crippen LogP contribution is -2.26. The molecule has 0 fully saturated rings. The normalized spacial score (nSPS) is 11.3. The number of carbonyl (C=O) groups excluding carboxylic acids is 1. The third-order valence-corrected chi connectivity index (χ3v) is 4.99. The highest BCUT2D eigenvalue weighted by atomic mass is 16.5. The summed E-state index contributed by atoms with van der Waals surface area (Å²) in [5.74, 6) is 1.07. The maximum absolute atomic E-state index is 10.5. The number of aryl methyl sites for hydroxylation is 2. The van der Waals surface area contributed by atoms with Gasteiger partial charge in [-0.05, 0) is 61.1 Å². The van der Waals surface area contributed by atoms with E-state index in [1.54, 1.807) is 6.07 Å². The van der Waals surface area contributed by atoms with E-state index >= 15 is 0 Å². The molecule has 0 aliphatic rings. The number of benzene rings is 2. The Hall–Kier alpha value is -2.29. The quantitative estimate of drug-likeness (QED) is 0.751. The SMILES string of the molecule is CCC(CC)(c1ccc(O)c(C)c1)c1ccc(OCC=O)c(C)c1. The second kappa shape index (κ2) is 7.52. The van der Waals surface area contributed by atoms with Gasteiger partial charge in [0.1, 0.15) is 18.1 Å². The van der Waals surface area contributed by atoms with Crippen molar-refractivity contribution >= 4 is 6.29 Å². The Labute approximate surface area is 144 Å². The fourth-order valence-electron chi connectivity index (χ4n) is 3.42. The van der Waals surface area contributed by atoms with Gasteiger partial charge >= 0.3 is 0 Å². The van der Waals surface area contributed by atoms with Gasteiger partial charge in [0, 0.05) is 5.41 Å². The maximum atomic E-state index is 10.5. The number of ether oxygens (including phenoxy) is 1. The van der Waals surface area contributed by atoms with E-state index < -0.39 is 0 Å². The molecule has 0 saturated heterocycles. The minimum Gasteiger partial charge on any atom is -0.508 e. The predicted octanol–water partition coefficient (Wildman–Crippen LogP) is 4.69. The van der Waals surface area contributed by atoms with Gasteiger partial charge in [0.15, 0.2) is 6.29 Å². The third kappa shape index (κ3) is 3.30. The van der Waals surface area contributed by atoms with Gasteiger partial charge in [-0.15, -0.1) is 0 Å². The van der Waals surface area contributed by atoms with E-state index in [9.17, 15) is 9.90 Å². The Morgan fingerprint density at radius 1 is 1.00 bits per heavy atom. The van der Waals surface area contributed by atoms with Gasteiger partial charge in [-0.1, -0.05) is 38.1 Å². The minimum absolute atomic E-state index is 0.0735. The first kappa shape index (κ1) is 18.1. The molecule has 0 radical (unpaired) electrons. The molecule has 2 aromatic rings. The Balaban J connectivity index is 2.51. The Kier molecular flexibility index (Phi) is 5.66. The molecule has 0 aliphatic carbocycles. The molecule has 0 amide bonds. The summed E-state index contributed by atoms with van der Waals surface area (Å²) in [6.45, 7) is 8.39. The Morgan fingerprint density at radius 3 is 2.08 bits per heavy atom. The van der Waals surface area contributed by atoms with Crippen LogP contribution in [0, 0.1) is 13.8 Å². The summed E-state index contributed by atoms with van der Waals surface area (Å²) in [4.78, 5) is 10.5. The third-order valence-electron chi connectivity index (χ3n) is 4.99. The molecule has 0 unspecified atom stereocenters. The number of carbonyl (C=O) groups is 1. The van der Waals surface area contributed by atoms with E-state index in [-0.39, 0.29) is 12.0 Å². The van der Waals surface area contributed by atoms with E-state index in [1.165, 1.54) is 11.1 Å². The van der Waals surface area contributed by atoms with Crippen LogP contribution in [0.4, 0.5) is 0 Å². The number of rotatable bonds is 7. The number of aldehydes is 1. The highest BCUT2D eigenvalue weighted by Gasteiger charge is 2.31. The van der Waals surface area contributed by atoms with Crippen molar-refractivity contribution < 1.29 is 14.6 Å². The molecule has 0 bridgehead atoms. The average molecular weight is 326 g/mol. The van der Waals surface area contributed by atoms with Crippen molar-refractivity contribution in [3.05, 3.63) is 58.7 Å². The molecular formula is C21H26O3. The van der Waals surface area contributed by atoms with Crippen molar-refractivity contribution in [2.75, 3.05) is 6.61 Å². The van der Waals surface area contributed by atoms with Gasteiger partial charge in [-0.3, -0.25) is 4.79 Å². The molecule has 1 N–H and O–H groups in total. The lowest BCUT2D eigenvalue weighted by atomic mass is 9.70. The van der Waals surface area contributed by atoms with Crippen LogP contribution in [0.25, 0.3) is 0 Å². The summed E-state index contributed by atoms with van der Waals surface area (Å²) in [7, 11) is 0. The van der Waals surface area contributed by atoms with Crippen LogP contribution in [-0.2, 0) is 10.2 Å². The number of hydrogen-bond donors (Lipinski definition) is 1. The lowest BCUT2D eigenvalue weighted by Gasteiger charge is -2.34. The smallest absolute Gasteiger partial charge is 0.157 e. The topological polar surface area (TPSA) is 46.5 Å². The largest absolute Gasteiger partial charge is 0.508 e. The molecular weight excluding hydrogens is 300 g/mol. The number of phenolic OH excluding ortho intramolecular Hbond substituents is 1. The van der Waals surface area contributed by atoms with Crippen molar-refractivity contribution in [1.82, 2.24) is 0 Å². The van der Waals surface area contributed by atoms with Crippen molar-refractivity contribution in [2.45, 2.75) is 46.0 Å². The zero-order chi connectivity index (χ0) is 17.7. The Morgan fingerprint density at radius 2 is 1.58 bits per heavy atom. The fourth-order valence-corrected chi connectivity index (χ4v) is 3.42. The van der Waals surface area contributed by atoms with E-state index in [2.05, 4.69) is 32.0 Å². The zero-order valence-corrected chi connectivity index (χ0v) is 14.9. The van der Waals surface area contributed by atoms with Gasteiger partial charge in [-0.2, -0.15) is 0 Å². The van der Waals surface area contributed by atoms with Gasteiger partial charge in [0.25, 0.3) is 0 Å². The predicted molar refractivity (Wildman–Crippen MR) is 96.9 cm³/mol. The summed E-state index contributed by atoms with van der Waals surface area (Å²) in [6.07, 6.45) is 2.68. The average Bonchev–Trinajstić information content (AvgIpc) is 2.58. The van der Waals surface area contributed by atoms with E-state index in [4.69, 9.17) is 4.74 Å². The molecule has 3 heteroatoms. The van der Waals surface area contributed by atoms with Crippen LogP contribution in [-0.4, -0.2) is 18.0 Å². The summed E-state index contributed by atoms with van der Waals surface area (Å²) < 4.78 is 5.46. The molecule has 3 nitrogen and oxygen atoms in total. The summed E-state index contributed by atoms with van der Waals surface area (Å²) >= 11 is 0. The van der Waals surface area contributed by atoms with Crippen molar-refractivity contribution in [3.8, 4) is 11.5 Å². The van der Waals surface area contributed by atoms with Crippen LogP contribution in [0.3, 0.4) is 0 Å². The van der Waals surface area contributed by atoms with Crippen LogP contribution in [0.2, 0.25) is 0 Å². The summed E-state index contributed by atoms with van der Waals surface area (Å²) in [6, 6.07) is 12.0. The summed E-state index contributed by atoms with van der Waals surface area (Å²) in [5.41, 5.74) is 4.25. The molecule has 128 valence electrons. The molecule has 0 spiro atoms. The second-order valence-corrected chi connectivity index (χ2v) is 6.25. The van der Waals surface area contributed by atoms with Crippen LogP contribution in [0.5, 0.6) is 11.5 Å². The number of aromatic hydroxyl groups is 1. The van der Waals surface area contributed by atoms with Crippen molar-refractivity contribution in [3.63, 3.8) is 0 Å². The summed E-state index contributed by atoms with van der Waals surface area (Å²) in [5, 5.41) is 9.84. The zero-order valence-electron chi connectivity index (χ0n) is 14.9. The van der Waals surface area contributed by atoms with Gasteiger partial charge in [0.2, 0.25) is 0 Å². The second-order valence-electron chi connectivity index (χ2n) is 6.25. The van der Waals surface area contributed by atoms with Crippen molar-refractivity contribution in [1.29, 1.82) is 0 Å². The molecule has 0 aliphatic heterocycles. The molecule has 0 aromatic heterocycles.